The fourth-order valence-electron chi connectivity index (χ4n) is 1.82. The summed E-state index contributed by atoms with van der Waals surface area (Å²) < 4.78 is 27.4. The van der Waals surface area contributed by atoms with Crippen molar-refractivity contribution < 1.29 is 8.78 Å². The Bertz CT molecular complexity index is 403. The summed E-state index contributed by atoms with van der Waals surface area (Å²) in [6, 6.07) is 2.75. The molecule has 1 rings (SSSR count). The number of rotatable bonds is 4. The van der Waals surface area contributed by atoms with Crippen LogP contribution in [0.1, 0.15) is 44.4 Å². The van der Waals surface area contributed by atoms with E-state index < -0.39 is 17.7 Å². The van der Waals surface area contributed by atoms with Crippen molar-refractivity contribution in [1.82, 2.24) is 5.43 Å². The third-order valence-corrected chi connectivity index (χ3v) is 3.48. The first-order valence-electron chi connectivity index (χ1n) is 5.75. The Morgan fingerprint density at radius 3 is 2.35 bits per heavy atom. The first-order valence-corrected chi connectivity index (χ1v) is 5.75. The van der Waals surface area contributed by atoms with Crippen molar-refractivity contribution >= 4 is 0 Å². The SMILES string of the molecule is CCC(C)(C)C(NN)c1ccc(C)c(F)c1F. The average Bonchev–Trinajstić information content (AvgIpc) is 2.30. The van der Waals surface area contributed by atoms with Gasteiger partial charge in [0.15, 0.2) is 11.6 Å². The summed E-state index contributed by atoms with van der Waals surface area (Å²) in [5.41, 5.74) is 2.92. The molecule has 4 heteroatoms. The van der Waals surface area contributed by atoms with Crippen LogP contribution in [0.2, 0.25) is 0 Å². The van der Waals surface area contributed by atoms with Crippen molar-refractivity contribution in [1.29, 1.82) is 0 Å². The number of hydrogen-bond donors (Lipinski definition) is 2. The van der Waals surface area contributed by atoms with Gasteiger partial charge in [0.2, 0.25) is 0 Å². The molecule has 17 heavy (non-hydrogen) atoms. The molecule has 0 aliphatic carbocycles. The van der Waals surface area contributed by atoms with Crippen LogP contribution in [-0.2, 0) is 0 Å². The minimum absolute atomic E-state index is 0.253. The fraction of sp³-hybridized carbons (Fsp3) is 0.538. The number of halogens is 2. The molecule has 3 N–H and O–H groups in total. The molecule has 0 amide bonds. The van der Waals surface area contributed by atoms with E-state index in [1.54, 1.807) is 12.1 Å². The van der Waals surface area contributed by atoms with Crippen LogP contribution in [0, 0.1) is 24.0 Å². The van der Waals surface area contributed by atoms with Crippen molar-refractivity contribution in [2.45, 2.75) is 40.2 Å². The van der Waals surface area contributed by atoms with Crippen molar-refractivity contribution in [3.05, 3.63) is 34.9 Å². The predicted octanol–water partition coefficient (Wildman–Crippen LogP) is 3.21. The number of hydrazine groups is 1. The molecule has 2 nitrogen and oxygen atoms in total. The van der Waals surface area contributed by atoms with E-state index in [1.165, 1.54) is 6.92 Å². The van der Waals surface area contributed by atoms with Gasteiger partial charge in [0, 0.05) is 5.56 Å². The normalized spacial score (nSPS) is 13.8. The van der Waals surface area contributed by atoms with Gasteiger partial charge in [-0.1, -0.05) is 32.9 Å². The number of benzene rings is 1. The predicted molar refractivity (Wildman–Crippen MR) is 65.2 cm³/mol. The van der Waals surface area contributed by atoms with E-state index in [1.807, 2.05) is 20.8 Å². The Kier molecular flexibility index (Phi) is 4.22. The number of hydrogen-bond acceptors (Lipinski definition) is 2. The first-order chi connectivity index (χ1) is 7.85. The Hall–Kier alpha value is -1.00. The molecule has 1 atom stereocenters. The molecular weight excluding hydrogens is 222 g/mol. The van der Waals surface area contributed by atoms with Gasteiger partial charge in [0.05, 0.1) is 6.04 Å². The summed E-state index contributed by atoms with van der Waals surface area (Å²) in [5, 5.41) is 0. The Balaban J connectivity index is 3.27. The zero-order valence-electron chi connectivity index (χ0n) is 10.8. The quantitative estimate of drug-likeness (QED) is 0.628. The van der Waals surface area contributed by atoms with Gasteiger partial charge in [-0.15, -0.1) is 0 Å². The molecule has 96 valence electrons. The summed E-state index contributed by atoms with van der Waals surface area (Å²) in [5.74, 6) is 3.88. The Morgan fingerprint density at radius 2 is 1.88 bits per heavy atom. The second-order valence-electron chi connectivity index (χ2n) is 5.04. The standard InChI is InChI=1S/C13H20F2N2/c1-5-13(3,4)12(17-16)9-7-6-8(2)10(14)11(9)15/h6-7,12,17H,5,16H2,1-4H3. The molecule has 1 aromatic rings. The van der Waals surface area contributed by atoms with Gasteiger partial charge in [-0.3, -0.25) is 11.3 Å². The van der Waals surface area contributed by atoms with Crippen molar-refractivity contribution in [3.8, 4) is 0 Å². The highest BCUT2D eigenvalue weighted by Crippen LogP contribution is 2.37. The molecular formula is C13H20F2N2. The molecule has 0 radical (unpaired) electrons. The van der Waals surface area contributed by atoms with Crippen LogP contribution >= 0.6 is 0 Å². The van der Waals surface area contributed by atoms with Crippen molar-refractivity contribution in [2.75, 3.05) is 0 Å². The number of aryl methyl sites for hydroxylation is 1. The first kappa shape index (κ1) is 14.1. The van der Waals surface area contributed by atoms with E-state index in [0.717, 1.165) is 6.42 Å². The van der Waals surface area contributed by atoms with E-state index in [-0.39, 0.29) is 11.0 Å². The maximum atomic E-state index is 13.9. The maximum Gasteiger partial charge on any atom is 0.163 e. The molecule has 1 unspecified atom stereocenters. The lowest BCUT2D eigenvalue weighted by Gasteiger charge is -2.33. The summed E-state index contributed by atoms with van der Waals surface area (Å²) >= 11 is 0. The van der Waals surface area contributed by atoms with E-state index in [2.05, 4.69) is 5.43 Å². The second kappa shape index (κ2) is 5.10. The van der Waals surface area contributed by atoms with Crippen LogP contribution in [-0.4, -0.2) is 0 Å². The summed E-state index contributed by atoms with van der Waals surface area (Å²) in [7, 11) is 0. The minimum Gasteiger partial charge on any atom is -0.271 e. The summed E-state index contributed by atoms with van der Waals surface area (Å²) in [6.07, 6.45) is 0.802. The van der Waals surface area contributed by atoms with Gasteiger partial charge in [-0.2, -0.15) is 0 Å². The van der Waals surface area contributed by atoms with Crippen molar-refractivity contribution in [2.24, 2.45) is 11.3 Å². The van der Waals surface area contributed by atoms with Gasteiger partial charge in [-0.05, 0) is 24.3 Å². The van der Waals surface area contributed by atoms with Crippen LogP contribution in [0.15, 0.2) is 12.1 Å². The van der Waals surface area contributed by atoms with Crippen LogP contribution < -0.4 is 11.3 Å². The van der Waals surface area contributed by atoms with Crippen LogP contribution in [0.3, 0.4) is 0 Å². The molecule has 0 saturated carbocycles. The molecule has 0 spiro atoms. The monoisotopic (exact) mass is 242 g/mol. The second-order valence-corrected chi connectivity index (χ2v) is 5.04. The lowest BCUT2D eigenvalue weighted by Crippen LogP contribution is -2.38. The zero-order chi connectivity index (χ0) is 13.2. The average molecular weight is 242 g/mol. The topological polar surface area (TPSA) is 38.0 Å². The van der Waals surface area contributed by atoms with Gasteiger partial charge in [0.25, 0.3) is 0 Å². The highest BCUT2D eigenvalue weighted by Gasteiger charge is 2.31. The largest absolute Gasteiger partial charge is 0.271 e. The van der Waals surface area contributed by atoms with Gasteiger partial charge in [0.1, 0.15) is 0 Å². The van der Waals surface area contributed by atoms with E-state index in [4.69, 9.17) is 5.84 Å². The lowest BCUT2D eigenvalue weighted by atomic mass is 9.78. The number of nitrogens with two attached hydrogens (primary N) is 1. The van der Waals surface area contributed by atoms with Crippen molar-refractivity contribution in [3.63, 3.8) is 0 Å². The molecule has 0 bridgehead atoms. The summed E-state index contributed by atoms with van der Waals surface area (Å²) in [6.45, 7) is 7.47. The highest BCUT2D eigenvalue weighted by molar-refractivity contribution is 5.29. The molecule has 0 aliphatic heterocycles. The lowest BCUT2D eigenvalue weighted by molar-refractivity contribution is 0.229. The third kappa shape index (κ3) is 2.64. The third-order valence-electron chi connectivity index (χ3n) is 3.48. The maximum absolute atomic E-state index is 13.9. The summed E-state index contributed by atoms with van der Waals surface area (Å²) in [4.78, 5) is 0. The Morgan fingerprint density at radius 1 is 1.29 bits per heavy atom. The van der Waals surface area contributed by atoms with Crippen LogP contribution in [0.5, 0.6) is 0 Å². The fourth-order valence-corrected chi connectivity index (χ4v) is 1.82. The molecule has 0 aromatic heterocycles. The van der Waals surface area contributed by atoms with Gasteiger partial charge < -0.3 is 0 Å². The van der Waals surface area contributed by atoms with E-state index in [0.29, 0.717) is 5.56 Å². The molecule has 1 aromatic carbocycles. The van der Waals surface area contributed by atoms with E-state index in [9.17, 15) is 8.78 Å². The molecule has 0 fully saturated rings. The molecule has 0 heterocycles. The zero-order valence-corrected chi connectivity index (χ0v) is 10.8. The van der Waals surface area contributed by atoms with Gasteiger partial charge in [-0.25, -0.2) is 8.78 Å². The highest BCUT2D eigenvalue weighted by atomic mass is 19.2. The smallest absolute Gasteiger partial charge is 0.163 e. The van der Waals surface area contributed by atoms with E-state index >= 15 is 0 Å². The van der Waals surface area contributed by atoms with Gasteiger partial charge >= 0.3 is 0 Å². The van der Waals surface area contributed by atoms with Crippen LogP contribution in [0.25, 0.3) is 0 Å². The number of nitrogens with one attached hydrogen (secondary N) is 1. The minimum atomic E-state index is -0.811. The molecule has 0 aliphatic rings. The Labute approximate surface area is 101 Å². The van der Waals surface area contributed by atoms with Crippen LogP contribution in [0.4, 0.5) is 8.78 Å². The molecule has 0 saturated heterocycles.